The van der Waals surface area contributed by atoms with E-state index in [1.54, 1.807) is 24.4 Å². The van der Waals surface area contributed by atoms with E-state index in [-0.39, 0.29) is 24.0 Å². The van der Waals surface area contributed by atoms with Gasteiger partial charge in [0.2, 0.25) is 11.8 Å². The van der Waals surface area contributed by atoms with Gasteiger partial charge in [0.25, 0.3) is 5.78 Å². The molecule has 3 rings (SSSR count). The van der Waals surface area contributed by atoms with Gasteiger partial charge in [-0.2, -0.15) is 14.6 Å². The molecule has 8 nitrogen and oxygen atoms in total. The monoisotopic (exact) mass is 270 g/mol. The number of rotatable bonds is 3. The second-order valence-corrected chi connectivity index (χ2v) is 4.02. The van der Waals surface area contributed by atoms with Crippen LogP contribution in [0.2, 0.25) is 0 Å². The zero-order chi connectivity index (χ0) is 13.9. The molecule has 0 aliphatic heterocycles. The predicted octanol–water partition coefficient (Wildman–Crippen LogP) is 0.406. The Balaban J connectivity index is 1.77. The summed E-state index contributed by atoms with van der Waals surface area (Å²) in [5, 5.41) is 16.1. The number of hydrogen-bond donors (Lipinski definition) is 2. The third kappa shape index (κ3) is 2.39. The van der Waals surface area contributed by atoms with Gasteiger partial charge in [0.05, 0.1) is 12.1 Å². The molecule has 3 heterocycles. The summed E-state index contributed by atoms with van der Waals surface area (Å²) >= 11 is 0. The molecule has 0 fully saturated rings. The van der Waals surface area contributed by atoms with Crippen molar-refractivity contribution < 1.29 is 9.90 Å². The number of fused-ring (bicyclic) bond motifs is 1. The molecule has 1 amide bonds. The Labute approximate surface area is 113 Å². The van der Waals surface area contributed by atoms with Crippen molar-refractivity contribution >= 4 is 17.5 Å². The summed E-state index contributed by atoms with van der Waals surface area (Å²) in [6.07, 6.45) is 2.87. The number of anilines is 1. The maximum Gasteiger partial charge on any atom is 0.255 e. The van der Waals surface area contributed by atoms with Crippen LogP contribution in [-0.2, 0) is 11.2 Å². The van der Waals surface area contributed by atoms with Gasteiger partial charge in [-0.1, -0.05) is 6.07 Å². The van der Waals surface area contributed by atoms with E-state index in [2.05, 4.69) is 25.4 Å². The summed E-state index contributed by atoms with van der Waals surface area (Å²) in [5.41, 5.74) is 0.399. The molecular weight excluding hydrogens is 260 g/mol. The number of carbonyl (C=O) groups excluding carboxylic acids is 1. The molecule has 3 aromatic rings. The van der Waals surface area contributed by atoms with E-state index < -0.39 is 0 Å². The molecule has 100 valence electrons. The molecule has 3 aromatic heterocycles. The van der Waals surface area contributed by atoms with Crippen LogP contribution in [0.15, 0.2) is 36.8 Å². The molecule has 0 radical (unpaired) electrons. The van der Waals surface area contributed by atoms with Crippen LogP contribution in [0.3, 0.4) is 0 Å². The van der Waals surface area contributed by atoms with Crippen LogP contribution in [0, 0.1) is 0 Å². The number of carbonyl (C=O) groups is 1. The lowest BCUT2D eigenvalue weighted by Crippen LogP contribution is -2.16. The molecular formula is C12H10N6O2. The Hall–Kier alpha value is -3.03. The summed E-state index contributed by atoms with van der Waals surface area (Å²) in [7, 11) is 0. The summed E-state index contributed by atoms with van der Waals surface area (Å²) in [6.45, 7) is 0. The highest BCUT2D eigenvalue weighted by Crippen LogP contribution is 2.12. The highest BCUT2D eigenvalue weighted by molar-refractivity contribution is 5.91. The van der Waals surface area contributed by atoms with Crippen molar-refractivity contribution in [3.05, 3.63) is 42.5 Å². The van der Waals surface area contributed by atoms with Crippen LogP contribution in [0.5, 0.6) is 5.88 Å². The molecule has 0 aliphatic rings. The van der Waals surface area contributed by atoms with Crippen LogP contribution >= 0.6 is 0 Å². The van der Waals surface area contributed by atoms with E-state index in [1.165, 1.54) is 16.9 Å². The fourth-order valence-electron chi connectivity index (χ4n) is 1.72. The topological polar surface area (TPSA) is 105 Å². The third-order valence-corrected chi connectivity index (χ3v) is 2.56. The van der Waals surface area contributed by atoms with E-state index in [0.29, 0.717) is 11.5 Å². The molecule has 0 aliphatic carbocycles. The molecule has 0 atom stereocenters. The van der Waals surface area contributed by atoms with Crippen LogP contribution in [0.4, 0.5) is 5.82 Å². The van der Waals surface area contributed by atoms with Gasteiger partial charge in [-0.25, -0.2) is 9.97 Å². The first-order valence-electron chi connectivity index (χ1n) is 5.82. The van der Waals surface area contributed by atoms with Gasteiger partial charge >= 0.3 is 0 Å². The molecule has 0 unspecified atom stereocenters. The van der Waals surface area contributed by atoms with E-state index in [9.17, 15) is 9.90 Å². The van der Waals surface area contributed by atoms with Gasteiger partial charge in [0, 0.05) is 12.3 Å². The Bertz CT molecular complexity index is 755. The van der Waals surface area contributed by atoms with Crippen molar-refractivity contribution in [2.24, 2.45) is 0 Å². The Morgan fingerprint density at radius 2 is 2.25 bits per heavy atom. The van der Waals surface area contributed by atoms with E-state index >= 15 is 0 Å². The van der Waals surface area contributed by atoms with Gasteiger partial charge in [-0.15, -0.1) is 0 Å². The fourth-order valence-corrected chi connectivity index (χ4v) is 1.72. The number of nitrogens with one attached hydrogen (secondary N) is 1. The zero-order valence-electron chi connectivity index (χ0n) is 10.3. The van der Waals surface area contributed by atoms with Gasteiger partial charge in [-0.05, 0) is 12.1 Å². The lowest BCUT2D eigenvalue weighted by Gasteiger charge is -2.04. The average molecular weight is 270 g/mol. The summed E-state index contributed by atoms with van der Waals surface area (Å²) in [6, 6.07) is 6.59. The number of amides is 1. The first-order valence-corrected chi connectivity index (χ1v) is 5.82. The van der Waals surface area contributed by atoms with Gasteiger partial charge in [0.15, 0.2) is 0 Å². The smallest absolute Gasteiger partial charge is 0.255 e. The fraction of sp³-hybridized carbons (Fsp3) is 0.0833. The molecule has 0 bridgehead atoms. The van der Waals surface area contributed by atoms with E-state index in [1.807, 2.05) is 0 Å². The van der Waals surface area contributed by atoms with Gasteiger partial charge in [0.1, 0.15) is 12.1 Å². The Morgan fingerprint density at radius 1 is 1.35 bits per heavy atom. The SMILES string of the molecule is O=C(Cc1cc(O)n2ncnc2n1)Nc1ccccn1. The van der Waals surface area contributed by atoms with Crippen LogP contribution in [-0.4, -0.2) is 35.6 Å². The van der Waals surface area contributed by atoms with E-state index in [4.69, 9.17) is 0 Å². The molecule has 0 spiro atoms. The number of aromatic hydroxyl groups is 1. The number of pyridine rings is 1. The van der Waals surface area contributed by atoms with Crippen LogP contribution in [0.1, 0.15) is 5.69 Å². The quantitative estimate of drug-likeness (QED) is 0.714. The standard InChI is InChI=1S/C12H10N6O2/c19-10(17-9-3-1-2-4-13-9)5-8-6-11(20)18-12(16-8)14-7-15-18/h1-4,6-7,20H,5H2,(H,13,17,19). The minimum Gasteiger partial charge on any atom is -0.493 e. The molecule has 0 aromatic carbocycles. The number of nitrogens with zero attached hydrogens (tertiary/aromatic N) is 5. The van der Waals surface area contributed by atoms with Crippen molar-refractivity contribution in [2.45, 2.75) is 6.42 Å². The zero-order valence-corrected chi connectivity index (χ0v) is 10.3. The van der Waals surface area contributed by atoms with E-state index in [0.717, 1.165) is 0 Å². The summed E-state index contributed by atoms with van der Waals surface area (Å²) < 4.78 is 1.18. The van der Waals surface area contributed by atoms with Crippen molar-refractivity contribution in [3.8, 4) is 5.88 Å². The van der Waals surface area contributed by atoms with Crippen LogP contribution < -0.4 is 5.32 Å². The molecule has 8 heteroatoms. The molecule has 0 saturated carbocycles. The number of aromatic nitrogens is 5. The lowest BCUT2D eigenvalue weighted by molar-refractivity contribution is -0.115. The maximum atomic E-state index is 11.9. The molecule has 2 N–H and O–H groups in total. The van der Waals surface area contributed by atoms with Gasteiger partial charge in [-0.3, -0.25) is 4.79 Å². The second-order valence-electron chi connectivity index (χ2n) is 4.02. The molecule has 20 heavy (non-hydrogen) atoms. The number of hydrogen-bond acceptors (Lipinski definition) is 6. The predicted molar refractivity (Wildman–Crippen MR) is 69.0 cm³/mol. The minimum absolute atomic E-state index is 0.00743. The second kappa shape index (κ2) is 4.92. The Kier molecular flexibility index (Phi) is 2.96. The van der Waals surface area contributed by atoms with Crippen molar-refractivity contribution in [3.63, 3.8) is 0 Å². The third-order valence-electron chi connectivity index (χ3n) is 2.56. The normalized spacial score (nSPS) is 10.6. The van der Waals surface area contributed by atoms with Crippen LogP contribution in [0.25, 0.3) is 5.78 Å². The van der Waals surface area contributed by atoms with Crippen molar-refractivity contribution in [1.29, 1.82) is 0 Å². The van der Waals surface area contributed by atoms with Gasteiger partial charge < -0.3 is 10.4 Å². The minimum atomic E-state index is -0.278. The highest BCUT2D eigenvalue weighted by atomic mass is 16.3. The summed E-state index contributed by atoms with van der Waals surface area (Å²) in [4.78, 5) is 23.8. The average Bonchev–Trinajstić information content (AvgIpc) is 2.88. The van der Waals surface area contributed by atoms with Crippen molar-refractivity contribution in [2.75, 3.05) is 5.32 Å². The summed E-state index contributed by atoms with van der Waals surface area (Å²) in [5.74, 6) is 0.309. The lowest BCUT2D eigenvalue weighted by atomic mass is 10.3. The largest absolute Gasteiger partial charge is 0.493 e. The maximum absolute atomic E-state index is 11.9. The first-order chi connectivity index (χ1) is 9.72. The highest BCUT2D eigenvalue weighted by Gasteiger charge is 2.10. The van der Waals surface area contributed by atoms with Crippen molar-refractivity contribution in [1.82, 2.24) is 24.6 Å². The Morgan fingerprint density at radius 3 is 3.05 bits per heavy atom. The first kappa shape index (κ1) is 12.0. The molecule has 0 saturated heterocycles.